The molecule has 0 radical (unpaired) electrons. The van der Waals surface area contributed by atoms with Crippen LogP contribution >= 0.6 is 33.2 Å². The molecular weight excluding hydrogens is 392 g/mol. The lowest BCUT2D eigenvalue weighted by Gasteiger charge is -2.07. The summed E-state index contributed by atoms with van der Waals surface area (Å²) in [7, 11) is 3.40. The van der Waals surface area contributed by atoms with Crippen LogP contribution in [0.1, 0.15) is 11.1 Å². The van der Waals surface area contributed by atoms with E-state index in [4.69, 9.17) is 16.8 Å². The molecular formula is C18H19ClN2O3S2. The molecule has 0 saturated heterocycles. The maximum atomic E-state index is 12.1. The van der Waals surface area contributed by atoms with E-state index in [1.54, 1.807) is 27.7 Å². The first-order chi connectivity index (χ1) is 12.6. The van der Waals surface area contributed by atoms with Crippen LogP contribution in [0.4, 0.5) is 0 Å². The summed E-state index contributed by atoms with van der Waals surface area (Å²) in [5.41, 5.74) is 1.92. The summed E-state index contributed by atoms with van der Waals surface area (Å²) in [5.74, 6) is 1.19. The van der Waals surface area contributed by atoms with E-state index in [9.17, 15) is 9.90 Å². The molecule has 2 aromatic carbocycles. The molecule has 0 aromatic heterocycles. The summed E-state index contributed by atoms with van der Waals surface area (Å²) in [6, 6.07) is 14.8. The van der Waals surface area contributed by atoms with Gasteiger partial charge in [0.15, 0.2) is 0 Å². The number of rotatable bonds is 9. The second-order valence-electron chi connectivity index (χ2n) is 5.33. The van der Waals surface area contributed by atoms with Gasteiger partial charge in [0, 0.05) is 24.5 Å². The number of carbonyl (C=O) groups excluding carboxylic acids is 1. The van der Waals surface area contributed by atoms with Crippen LogP contribution in [-0.4, -0.2) is 34.2 Å². The van der Waals surface area contributed by atoms with E-state index in [-0.39, 0.29) is 22.9 Å². The SMILES string of the molecule is O=C(NCCSSCc1ccccc1)/C(Cc1ccc(O)c(Cl)c1)=N/O. The highest BCUT2D eigenvalue weighted by atomic mass is 35.5. The third kappa shape index (κ3) is 6.82. The molecule has 0 aliphatic carbocycles. The van der Waals surface area contributed by atoms with Crippen molar-refractivity contribution in [2.24, 2.45) is 5.16 Å². The van der Waals surface area contributed by atoms with E-state index in [1.165, 1.54) is 17.7 Å². The van der Waals surface area contributed by atoms with Crippen LogP contribution in [0.3, 0.4) is 0 Å². The molecule has 0 unspecified atom stereocenters. The normalized spacial score (nSPS) is 11.3. The number of hydrogen-bond acceptors (Lipinski definition) is 6. The zero-order valence-corrected chi connectivity index (χ0v) is 16.3. The fourth-order valence-corrected chi connectivity index (χ4v) is 4.25. The van der Waals surface area contributed by atoms with Crippen LogP contribution in [0.15, 0.2) is 53.7 Å². The van der Waals surface area contributed by atoms with Gasteiger partial charge in [-0.05, 0) is 23.3 Å². The zero-order valence-electron chi connectivity index (χ0n) is 13.9. The van der Waals surface area contributed by atoms with Gasteiger partial charge in [-0.1, -0.05) is 74.7 Å². The summed E-state index contributed by atoms with van der Waals surface area (Å²) < 4.78 is 0. The van der Waals surface area contributed by atoms with E-state index in [0.717, 1.165) is 11.5 Å². The van der Waals surface area contributed by atoms with Gasteiger partial charge in [0.25, 0.3) is 5.91 Å². The van der Waals surface area contributed by atoms with Gasteiger partial charge < -0.3 is 15.6 Å². The Morgan fingerprint density at radius 3 is 2.58 bits per heavy atom. The summed E-state index contributed by atoms with van der Waals surface area (Å²) in [6.45, 7) is 0.473. The lowest BCUT2D eigenvalue weighted by Crippen LogP contribution is -2.33. The largest absolute Gasteiger partial charge is 0.506 e. The second kappa shape index (κ2) is 11.0. The summed E-state index contributed by atoms with van der Waals surface area (Å²) in [6.07, 6.45) is 0.123. The van der Waals surface area contributed by atoms with Crippen molar-refractivity contribution in [3.63, 3.8) is 0 Å². The minimum absolute atomic E-state index is 0.00584. The lowest BCUT2D eigenvalue weighted by molar-refractivity contribution is -0.114. The lowest BCUT2D eigenvalue weighted by atomic mass is 10.1. The average Bonchev–Trinajstić information content (AvgIpc) is 2.66. The monoisotopic (exact) mass is 410 g/mol. The van der Waals surface area contributed by atoms with Crippen LogP contribution in [0.5, 0.6) is 5.75 Å². The molecule has 0 heterocycles. The summed E-state index contributed by atoms with van der Waals surface area (Å²) in [5, 5.41) is 24.5. The van der Waals surface area contributed by atoms with Gasteiger partial charge in [-0.3, -0.25) is 4.79 Å². The summed E-state index contributed by atoms with van der Waals surface area (Å²) >= 11 is 5.84. The van der Waals surface area contributed by atoms with E-state index < -0.39 is 5.91 Å². The standard InChI is InChI=1S/C18H19ClN2O3S2/c19-15-10-14(6-7-17(15)22)11-16(21-24)18(23)20-8-9-25-26-12-13-4-2-1-3-5-13/h1-7,10,22,24H,8-9,11-12H2,(H,20,23)/b21-16+. The van der Waals surface area contributed by atoms with Gasteiger partial charge in [0.2, 0.25) is 0 Å². The van der Waals surface area contributed by atoms with Gasteiger partial charge in [0.05, 0.1) is 5.02 Å². The van der Waals surface area contributed by atoms with Crippen molar-refractivity contribution < 1.29 is 15.1 Å². The van der Waals surface area contributed by atoms with E-state index >= 15 is 0 Å². The first kappa shape index (κ1) is 20.5. The molecule has 8 heteroatoms. The number of oxime groups is 1. The van der Waals surface area contributed by atoms with Crippen LogP contribution < -0.4 is 5.32 Å². The van der Waals surface area contributed by atoms with Gasteiger partial charge in [-0.15, -0.1) is 0 Å². The Balaban J connectivity index is 1.69. The third-order valence-corrected chi connectivity index (χ3v) is 6.03. The number of nitrogens with zero attached hydrogens (tertiary/aromatic N) is 1. The summed E-state index contributed by atoms with van der Waals surface area (Å²) in [4.78, 5) is 12.1. The molecule has 0 fully saturated rings. The fraction of sp³-hybridized carbons (Fsp3) is 0.222. The number of phenolic OH excluding ortho intramolecular Hbond substituents is 1. The third-order valence-electron chi connectivity index (χ3n) is 3.39. The van der Waals surface area contributed by atoms with Crippen molar-refractivity contribution in [2.45, 2.75) is 12.2 Å². The molecule has 2 rings (SSSR count). The molecule has 2 aromatic rings. The minimum atomic E-state index is -0.426. The Morgan fingerprint density at radius 1 is 1.12 bits per heavy atom. The van der Waals surface area contributed by atoms with Crippen molar-refractivity contribution in [2.75, 3.05) is 12.3 Å². The topological polar surface area (TPSA) is 81.9 Å². The highest BCUT2D eigenvalue weighted by Crippen LogP contribution is 2.25. The molecule has 0 aliphatic heterocycles. The minimum Gasteiger partial charge on any atom is -0.506 e. The van der Waals surface area contributed by atoms with E-state index in [1.807, 2.05) is 18.2 Å². The molecule has 0 saturated carbocycles. The molecule has 3 N–H and O–H groups in total. The fourth-order valence-electron chi connectivity index (χ4n) is 2.07. The maximum absolute atomic E-state index is 12.1. The van der Waals surface area contributed by atoms with Gasteiger partial charge in [-0.25, -0.2) is 0 Å². The number of amides is 1. The Labute approximate surface area is 165 Å². The van der Waals surface area contributed by atoms with Crippen LogP contribution in [0.2, 0.25) is 5.02 Å². The Hall–Kier alpha value is -1.83. The number of aromatic hydroxyl groups is 1. The van der Waals surface area contributed by atoms with Crippen molar-refractivity contribution in [1.29, 1.82) is 0 Å². The number of phenols is 1. The number of hydrogen-bond donors (Lipinski definition) is 3. The van der Waals surface area contributed by atoms with Crippen molar-refractivity contribution >= 4 is 44.8 Å². The molecule has 0 aliphatic rings. The zero-order chi connectivity index (χ0) is 18.8. The smallest absolute Gasteiger partial charge is 0.269 e. The van der Waals surface area contributed by atoms with Crippen LogP contribution in [0.25, 0.3) is 0 Å². The van der Waals surface area contributed by atoms with Gasteiger partial charge in [-0.2, -0.15) is 0 Å². The van der Waals surface area contributed by atoms with Crippen LogP contribution in [-0.2, 0) is 17.0 Å². The number of halogens is 1. The van der Waals surface area contributed by atoms with Crippen molar-refractivity contribution in [1.82, 2.24) is 5.32 Å². The Bertz CT molecular complexity index is 757. The first-order valence-corrected chi connectivity index (χ1v) is 10.7. The van der Waals surface area contributed by atoms with Crippen molar-refractivity contribution in [3.05, 3.63) is 64.7 Å². The average molecular weight is 411 g/mol. The highest BCUT2D eigenvalue weighted by molar-refractivity contribution is 8.76. The predicted molar refractivity (Wildman–Crippen MR) is 109 cm³/mol. The van der Waals surface area contributed by atoms with Crippen molar-refractivity contribution in [3.8, 4) is 5.75 Å². The maximum Gasteiger partial charge on any atom is 0.269 e. The molecule has 0 bridgehead atoms. The number of nitrogens with one attached hydrogen (secondary N) is 1. The Kier molecular flexibility index (Phi) is 8.67. The van der Waals surface area contributed by atoms with E-state index in [0.29, 0.717) is 12.1 Å². The quantitative estimate of drug-likeness (QED) is 0.190. The molecule has 1 amide bonds. The molecule has 26 heavy (non-hydrogen) atoms. The Morgan fingerprint density at radius 2 is 1.88 bits per heavy atom. The van der Waals surface area contributed by atoms with Crippen LogP contribution in [0, 0.1) is 0 Å². The highest BCUT2D eigenvalue weighted by Gasteiger charge is 2.13. The molecule has 5 nitrogen and oxygen atoms in total. The number of benzene rings is 2. The predicted octanol–water partition coefficient (Wildman–Crippen LogP) is 4.12. The number of carbonyl (C=O) groups is 1. The molecule has 138 valence electrons. The van der Waals surface area contributed by atoms with E-state index in [2.05, 4.69) is 22.6 Å². The van der Waals surface area contributed by atoms with Gasteiger partial charge in [0.1, 0.15) is 11.5 Å². The second-order valence-corrected chi connectivity index (χ2v) is 8.32. The molecule has 0 spiro atoms. The first-order valence-electron chi connectivity index (χ1n) is 7.85. The molecule has 0 atom stereocenters. The van der Waals surface area contributed by atoms with Gasteiger partial charge >= 0.3 is 0 Å².